The molecule has 0 aliphatic heterocycles. The van der Waals surface area contributed by atoms with Crippen molar-refractivity contribution >= 4 is 35.0 Å². The van der Waals surface area contributed by atoms with Crippen molar-refractivity contribution in [2.75, 3.05) is 11.1 Å². The van der Waals surface area contributed by atoms with E-state index in [1.54, 1.807) is 0 Å². The van der Waals surface area contributed by atoms with Gasteiger partial charge in [-0.25, -0.2) is 9.37 Å². The van der Waals surface area contributed by atoms with Crippen LogP contribution in [0, 0.1) is 5.82 Å². The van der Waals surface area contributed by atoms with E-state index in [1.807, 2.05) is 6.92 Å². The summed E-state index contributed by atoms with van der Waals surface area (Å²) in [5.41, 5.74) is 0.485. The fourth-order valence-electron chi connectivity index (χ4n) is 1.85. The van der Waals surface area contributed by atoms with Crippen molar-refractivity contribution in [3.05, 3.63) is 51.2 Å². The molecule has 0 unspecified atom stereocenters. The summed E-state index contributed by atoms with van der Waals surface area (Å²) in [5, 5.41) is 3.07. The van der Waals surface area contributed by atoms with E-state index in [0.29, 0.717) is 17.3 Å². The van der Waals surface area contributed by atoms with E-state index in [-0.39, 0.29) is 22.0 Å². The number of carbonyl (C=O) groups is 1. The first kappa shape index (κ1) is 17.5. The third-order valence-electron chi connectivity index (χ3n) is 2.82. The highest BCUT2D eigenvalue weighted by Crippen LogP contribution is 2.19. The molecule has 2 rings (SSSR count). The zero-order valence-corrected chi connectivity index (χ0v) is 13.9. The molecule has 0 aliphatic rings. The Morgan fingerprint density at radius 2 is 2.22 bits per heavy atom. The van der Waals surface area contributed by atoms with E-state index in [1.165, 1.54) is 18.2 Å². The predicted molar refractivity (Wildman–Crippen MR) is 89.6 cm³/mol. The van der Waals surface area contributed by atoms with Gasteiger partial charge in [-0.3, -0.25) is 9.59 Å². The average Bonchev–Trinajstić information content (AvgIpc) is 2.48. The minimum Gasteiger partial charge on any atom is -0.323 e. The monoisotopic (exact) mass is 355 g/mol. The maximum absolute atomic E-state index is 13.6. The van der Waals surface area contributed by atoms with Gasteiger partial charge < -0.3 is 10.3 Å². The smallest absolute Gasteiger partial charge is 0.251 e. The van der Waals surface area contributed by atoms with Crippen LogP contribution in [-0.4, -0.2) is 21.6 Å². The normalized spacial score (nSPS) is 10.6. The Morgan fingerprint density at radius 3 is 2.91 bits per heavy atom. The molecule has 1 aromatic carbocycles. The number of carbonyl (C=O) groups excluding carboxylic acids is 1. The Kier molecular flexibility index (Phi) is 6.18. The SMILES string of the molecule is CCCc1cc(=O)[nH]c(SCC(=O)Nc2ccc(Cl)cc2F)n1. The maximum atomic E-state index is 13.6. The van der Waals surface area contributed by atoms with E-state index in [4.69, 9.17) is 11.6 Å². The predicted octanol–water partition coefficient (Wildman–Crippen LogP) is 3.25. The lowest BCUT2D eigenvalue weighted by molar-refractivity contribution is -0.113. The number of thioether (sulfide) groups is 1. The number of H-pyrrole nitrogens is 1. The molecule has 2 aromatic rings. The van der Waals surface area contributed by atoms with Crippen LogP contribution in [-0.2, 0) is 11.2 Å². The van der Waals surface area contributed by atoms with Gasteiger partial charge in [0.1, 0.15) is 5.82 Å². The molecule has 8 heteroatoms. The van der Waals surface area contributed by atoms with Gasteiger partial charge in [0, 0.05) is 16.8 Å². The second kappa shape index (κ2) is 8.12. The summed E-state index contributed by atoms with van der Waals surface area (Å²) in [7, 11) is 0. The maximum Gasteiger partial charge on any atom is 0.251 e. The van der Waals surface area contributed by atoms with Gasteiger partial charge in [0.25, 0.3) is 5.56 Å². The van der Waals surface area contributed by atoms with Gasteiger partial charge in [0.05, 0.1) is 11.4 Å². The van der Waals surface area contributed by atoms with Crippen LogP contribution >= 0.6 is 23.4 Å². The molecule has 0 fully saturated rings. The molecular weight excluding hydrogens is 341 g/mol. The summed E-state index contributed by atoms with van der Waals surface area (Å²) in [4.78, 5) is 30.2. The van der Waals surface area contributed by atoms with Crippen LogP contribution in [0.1, 0.15) is 19.0 Å². The number of nitrogens with zero attached hydrogens (tertiary/aromatic N) is 1. The molecule has 0 aliphatic carbocycles. The van der Waals surface area contributed by atoms with Crippen LogP contribution in [0.15, 0.2) is 34.2 Å². The number of rotatable bonds is 6. The van der Waals surface area contributed by atoms with E-state index >= 15 is 0 Å². The van der Waals surface area contributed by atoms with Crippen molar-refractivity contribution in [2.45, 2.75) is 24.9 Å². The van der Waals surface area contributed by atoms with Gasteiger partial charge >= 0.3 is 0 Å². The third kappa shape index (κ3) is 5.37. The number of hydrogen-bond donors (Lipinski definition) is 2. The standard InChI is InChI=1S/C15H15ClFN3O2S/c1-2-3-10-7-13(21)20-15(18-10)23-8-14(22)19-12-5-4-9(16)6-11(12)17/h4-7H,2-3,8H2,1H3,(H,19,22)(H,18,20,21). The highest BCUT2D eigenvalue weighted by atomic mass is 35.5. The van der Waals surface area contributed by atoms with Crippen molar-refractivity contribution in [1.29, 1.82) is 0 Å². The number of amides is 1. The highest BCUT2D eigenvalue weighted by molar-refractivity contribution is 7.99. The fraction of sp³-hybridized carbons (Fsp3) is 0.267. The Labute approximate surface area is 141 Å². The lowest BCUT2D eigenvalue weighted by Gasteiger charge is -2.07. The number of aromatic nitrogens is 2. The lowest BCUT2D eigenvalue weighted by Crippen LogP contribution is -2.16. The highest BCUT2D eigenvalue weighted by Gasteiger charge is 2.09. The quantitative estimate of drug-likeness (QED) is 0.616. The number of hydrogen-bond acceptors (Lipinski definition) is 4. The minimum atomic E-state index is -0.604. The fourth-order valence-corrected chi connectivity index (χ4v) is 2.70. The second-order valence-corrected chi connectivity index (χ2v) is 6.15. The molecule has 0 saturated carbocycles. The van der Waals surface area contributed by atoms with Crippen LogP contribution in [0.4, 0.5) is 10.1 Å². The van der Waals surface area contributed by atoms with Gasteiger partial charge in [0.15, 0.2) is 5.16 Å². The molecule has 0 spiro atoms. The van der Waals surface area contributed by atoms with E-state index in [0.717, 1.165) is 24.2 Å². The minimum absolute atomic E-state index is 0.000580. The van der Waals surface area contributed by atoms with Crippen LogP contribution in [0.3, 0.4) is 0 Å². The zero-order chi connectivity index (χ0) is 16.8. The van der Waals surface area contributed by atoms with Gasteiger partial charge in [-0.15, -0.1) is 0 Å². The summed E-state index contributed by atoms with van der Waals surface area (Å²) in [6.45, 7) is 1.99. The van der Waals surface area contributed by atoms with Gasteiger partial charge in [-0.1, -0.05) is 36.7 Å². The van der Waals surface area contributed by atoms with Crippen LogP contribution in [0.5, 0.6) is 0 Å². The van der Waals surface area contributed by atoms with E-state index < -0.39 is 11.7 Å². The third-order valence-corrected chi connectivity index (χ3v) is 3.93. The molecule has 23 heavy (non-hydrogen) atoms. The first-order valence-corrected chi connectivity index (χ1v) is 8.32. The molecule has 1 amide bonds. The summed E-state index contributed by atoms with van der Waals surface area (Å²) >= 11 is 6.73. The zero-order valence-electron chi connectivity index (χ0n) is 12.4. The average molecular weight is 356 g/mol. The lowest BCUT2D eigenvalue weighted by atomic mass is 10.2. The molecule has 0 radical (unpaired) electrons. The van der Waals surface area contributed by atoms with Gasteiger partial charge in [0.2, 0.25) is 5.91 Å². The number of anilines is 1. The Morgan fingerprint density at radius 1 is 1.43 bits per heavy atom. The Balaban J connectivity index is 1.97. The largest absolute Gasteiger partial charge is 0.323 e. The second-order valence-electron chi connectivity index (χ2n) is 4.75. The van der Waals surface area contributed by atoms with Crippen molar-refractivity contribution in [1.82, 2.24) is 9.97 Å². The summed E-state index contributed by atoms with van der Waals surface area (Å²) in [6.07, 6.45) is 1.57. The summed E-state index contributed by atoms with van der Waals surface area (Å²) < 4.78 is 13.6. The molecule has 5 nitrogen and oxygen atoms in total. The number of benzene rings is 1. The molecule has 1 heterocycles. The topological polar surface area (TPSA) is 74.8 Å². The van der Waals surface area contributed by atoms with Crippen LogP contribution in [0.2, 0.25) is 5.02 Å². The van der Waals surface area contributed by atoms with Gasteiger partial charge in [-0.2, -0.15) is 0 Å². The van der Waals surface area contributed by atoms with Crippen molar-refractivity contribution in [3.8, 4) is 0 Å². The van der Waals surface area contributed by atoms with E-state index in [2.05, 4.69) is 15.3 Å². The van der Waals surface area contributed by atoms with Crippen molar-refractivity contribution in [3.63, 3.8) is 0 Å². The number of nitrogens with one attached hydrogen (secondary N) is 2. The van der Waals surface area contributed by atoms with Crippen LogP contribution in [0.25, 0.3) is 0 Å². The first-order valence-electron chi connectivity index (χ1n) is 6.96. The Hall–Kier alpha value is -1.86. The number of aromatic amines is 1. The molecular formula is C15H15ClFN3O2S. The molecule has 0 bridgehead atoms. The van der Waals surface area contributed by atoms with E-state index in [9.17, 15) is 14.0 Å². The van der Waals surface area contributed by atoms with Crippen molar-refractivity contribution < 1.29 is 9.18 Å². The molecule has 2 N–H and O–H groups in total. The summed E-state index contributed by atoms with van der Waals surface area (Å²) in [5.74, 6) is -1.01. The number of halogens is 2. The molecule has 1 aromatic heterocycles. The van der Waals surface area contributed by atoms with Gasteiger partial charge in [-0.05, 0) is 24.6 Å². The Bertz CT molecular complexity index is 767. The molecule has 122 valence electrons. The first-order chi connectivity index (χ1) is 11.0. The van der Waals surface area contributed by atoms with Crippen LogP contribution < -0.4 is 10.9 Å². The van der Waals surface area contributed by atoms with Crippen molar-refractivity contribution in [2.24, 2.45) is 0 Å². The molecule has 0 atom stereocenters. The summed E-state index contributed by atoms with van der Waals surface area (Å²) in [6, 6.07) is 5.44. The molecule has 0 saturated heterocycles. The number of aryl methyl sites for hydroxylation is 1.